The van der Waals surface area contributed by atoms with Crippen LogP contribution in [0.4, 0.5) is 4.39 Å². The number of nitrogens with one attached hydrogen (secondary N) is 1. The van der Waals surface area contributed by atoms with E-state index in [0.29, 0.717) is 12.0 Å². The molecule has 1 aromatic carbocycles. The van der Waals surface area contributed by atoms with Crippen LogP contribution in [0.3, 0.4) is 0 Å². The highest BCUT2D eigenvalue weighted by molar-refractivity contribution is 5.79. The minimum absolute atomic E-state index is 0.0310. The number of benzene rings is 1. The van der Waals surface area contributed by atoms with Crippen LogP contribution in [0, 0.1) is 11.7 Å². The zero-order chi connectivity index (χ0) is 16.7. The van der Waals surface area contributed by atoms with Gasteiger partial charge in [-0.1, -0.05) is 37.8 Å². The molecule has 2 N–H and O–H groups in total. The van der Waals surface area contributed by atoms with E-state index >= 15 is 0 Å². The van der Waals surface area contributed by atoms with Crippen molar-refractivity contribution >= 4 is 11.9 Å². The molecule has 0 bridgehead atoms. The van der Waals surface area contributed by atoms with Crippen molar-refractivity contribution < 1.29 is 19.1 Å². The highest BCUT2D eigenvalue weighted by atomic mass is 19.1. The minimum Gasteiger partial charge on any atom is -0.481 e. The van der Waals surface area contributed by atoms with E-state index < -0.39 is 17.7 Å². The minimum atomic E-state index is -1.03. The molecule has 1 saturated carbocycles. The highest BCUT2D eigenvalue weighted by Gasteiger charge is 2.21. The zero-order valence-corrected chi connectivity index (χ0v) is 13.3. The molecule has 0 aromatic heterocycles. The maximum atomic E-state index is 12.9. The molecule has 1 fully saturated rings. The fourth-order valence-corrected chi connectivity index (χ4v) is 3.20. The number of carbonyl (C=O) groups is 2. The van der Waals surface area contributed by atoms with E-state index in [-0.39, 0.29) is 12.5 Å². The Morgan fingerprint density at radius 3 is 2.48 bits per heavy atom. The molecule has 0 spiro atoms. The number of aliphatic carboxylic acids is 1. The Bertz CT molecular complexity index is 524. The van der Waals surface area contributed by atoms with Gasteiger partial charge in [-0.3, -0.25) is 9.59 Å². The normalized spacial score (nSPS) is 16.2. The number of carboxylic acids is 1. The summed E-state index contributed by atoms with van der Waals surface area (Å²) in [6, 6.07) is 5.35. The van der Waals surface area contributed by atoms with Gasteiger partial charge in [0, 0.05) is 13.0 Å². The number of halogens is 1. The van der Waals surface area contributed by atoms with Crippen molar-refractivity contribution in [1.82, 2.24) is 5.32 Å². The molecule has 4 nitrogen and oxygen atoms in total. The Morgan fingerprint density at radius 2 is 1.87 bits per heavy atom. The monoisotopic (exact) mass is 321 g/mol. The van der Waals surface area contributed by atoms with Gasteiger partial charge in [-0.05, 0) is 36.5 Å². The van der Waals surface area contributed by atoms with Crippen molar-refractivity contribution in [2.45, 2.75) is 50.9 Å². The first-order valence-electron chi connectivity index (χ1n) is 8.31. The number of hydrogen-bond acceptors (Lipinski definition) is 2. The second-order valence-corrected chi connectivity index (χ2v) is 6.29. The van der Waals surface area contributed by atoms with E-state index in [4.69, 9.17) is 0 Å². The third-order valence-corrected chi connectivity index (χ3v) is 4.56. The van der Waals surface area contributed by atoms with Crippen molar-refractivity contribution in [2.75, 3.05) is 6.54 Å². The smallest absolute Gasteiger partial charge is 0.312 e. The van der Waals surface area contributed by atoms with Gasteiger partial charge in [0.05, 0.1) is 5.92 Å². The number of carbonyl (C=O) groups excluding carboxylic acids is 1. The van der Waals surface area contributed by atoms with Crippen LogP contribution >= 0.6 is 0 Å². The van der Waals surface area contributed by atoms with Crippen LogP contribution in [-0.2, 0) is 9.59 Å². The summed E-state index contributed by atoms with van der Waals surface area (Å²) in [6.45, 7) is 0.0310. The summed E-state index contributed by atoms with van der Waals surface area (Å²) in [7, 11) is 0. The third-order valence-electron chi connectivity index (χ3n) is 4.56. The Balaban J connectivity index is 1.75. The van der Waals surface area contributed by atoms with Crippen LogP contribution in [0.2, 0.25) is 0 Å². The van der Waals surface area contributed by atoms with Crippen LogP contribution in [0.15, 0.2) is 24.3 Å². The molecule has 0 radical (unpaired) electrons. The zero-order valence-electron chi connectivity index (χ0n) is 13.3. The Hall–Kier alpha value is -1.91. The van der Waals surface area contributed by atoms with Gasteiger partial charge in [-0.25, -0.2) is 4.39 Å². The third kappa shape index (κ3) is 5.66. The van der Waals surface area contributed by atoms with Gasteiger partial charge < -0.3 is 10.4 Å². The SMILES string of the molecule is O=C(CCCC1CCCC1)NCC(C(=O)O)c1ccc(F)cc1. The average Bonchev–Trinajstić information content (AvgIpc) is 3.02. The van der Waals surface area contributed by atoms with Crippen LogP contribution in [0.5, 0.6) is 0 Å². The molecule has 1 unspecified atom stereocenters. The van der Waals surface area contributed by atoms with Gasteiger partial charge in [0.1, 0.15) is 5.82 Å². The van der Waals surface area contributed by atoms with Crippen molar-refractivity contribution in [3.05, 3.63) is 35.6 Å². The van der Waals surface area contributed by atoms with Gasteiger partial charge in [0.15, 0.2) is 0 Å². The summed E-state index contributed by atoms with van der Waals surface area (Å²) in [5, 5.41) is 12.0. The Kier molecular flexibility index (Phi) is 6.56. The van der Waals surface area contributed by atoms with Gasteiger partial charge in [0.25, 0.3) is 0 Å². The van der Waals surface area contributed by atoms with Crippen LogP contribution in [0.1, 0.15) is 56.4 Å². The number of amides is 1. The van der Waals surface area contributed by atoms with Gasteiger partial charge in [0.2, 0.25) is 5.91 Å². The average molecular weight is 321 g/mol. The summed E-state index contributed by atoms with van der Waals surface area (Å²) in [5.74, 6) is -1.64. The molecule has 1 amide bonds. The van der Waals surface area contributed by atoms with E-state index in [9.17, 15) is 19.1 Å². The number of rotatable bonds is 8. The van der Waals surface area contributed by atoms with Crippen LogP contribution < -0.4 is 5.32 Å². The van der Waals surface area contributed by atoms with Crippen molar-refractivity contribution in [1.29, 1.82) is 0 Å². The van der Waals surface area contributed by atoms with E-state index in [1.165, 1.54) is 49.9 Å². The largest absolute Gasteiger partial charge is 0.481 e. The molecule has 126 valence electrons. The van der Waals surface area contributed by atoms with E-state index in [2.05, 4.69) is 5.32 Å². The first-order valence-corrected chi connectivity index (χ1v) is 8.31. The van der Waals surface area contributed by atoms with Gasteiger partial charge >= 0.3 is 5.97 Å². The second kappa shape index (κ2) is 8.65. The lowest BCUT2D eigenvalue weighted by Gasteiger charge is -2.14. The molecule has 0 heterocycles. The standard InChI is InChI=1S/C18H24FNO3/c19-15-10-8-14(9-11-15)16(18(22)23)12-20-17(21)7-3-6-13-4-1-2-5-13/h8-11,13,16H,1-7,12H2,(H,20,21)(H,22,23). The topological polar surface area (TPSA) is 66.4 Å². The highest BCUT2D eigenvalue weighted by Crippen LogP contribution is 2.28. The molecule has 1 aliphatic carbocycles. The lowest BCUT2D eigenvalue weighted by molar-refractivity contribution is -0.138. The van der Waals surface area contributed by atoms with Crippen molar-refractivity contribution in [2.24, 2.45) is 5.92 Å². The Labute approximate surface area is 136 Å². The van der Waals surface area contributed by atoms with E-state index in [1.807, 2.05) is 0 Å². The first kappa shape index (κ1) is 17.4. The molecule has 23 heavy (non-hydrogen) atoms. The molecule has 1 atom stereocenters. The molecule has 2 rings (SSSR count). The van der Waals surface area contributed by atoms with E-state index in [0.717, 1.165) is 18.8 Å². The molecule has 0 aliphatic heterocycles. The molecule has 5 heteroatoms. The van der Waals surface area contributed by atoms with Gasteiger partial charge in [-0.2, -0.15) is 0 Å². The predicted molar refractivity (Wildman–Crippen MR) is 85.6 cm³/mol. The predicted octanol–water partition coefficient (Wildman–Crippen LogP) is 3.47. The molecule has 1 aliphatic rings. The lowest BCUT2D eigenvalue weighted by atomic mass is 9.98. The summed E-state index contributed by atoms with van der Waals surface area (Å²) in [5.41, 5.74) is 0.491. The van der Waals surface area contributed by atoms with Crippen molar-refractivity contribution in [3.63, 3.8) is 0 Å². The van der Waals surface area contributed by atoms with Gasteiger partial charge in [-0.15, -0.1) is 0 Å². The lowest BCUT2D eigenvalue weighted by Crippen LogP contribution is -2.31. The number of carboxylic acid groups (broad SMARTS) is 1. The maximum absolute atomic E-state index is 12.9. The Morgan fingerprint density at radius 1 is 1.22 bits per heavy atom. The van der Waals surface area contributed by atoms with E-state index in [1.54, 1.807) is 0 Å². The van der Waals surface area contributed by atoms with Crippen LogP contribution in [0.25, 0.3) is 0 Å². The summed E-state index contributed by atoms with van der Waals surface area (Å²) in [6.07, 6.45) is 7.51. The molecular formula is C18H24FNO3. The summed E-state index contributed by atoms with van der Waals surface area (Å²) < 4.78 is 12.9. The van der Waals surface area contributed by atoms with Crippen molar-refractivity contribution in [3.8, 4) is 0 Å². The maximum Gasteiger partial charge on any atom is 0.312 e. The second-order valence-electron chi connectivity index (χ2n) is 6.29. The summed E-state index contributed by atoms with van der Waals surface area (Å²) in [4.78, 5) is 23.2. The fourth-order valence-electron chi connectivity index (χ4n) is 3.20. The summed E-state index contributed by atoms with van der Waals surface area (Å²) >= 11 is 0. The fraction of sp³-hybridized carbons (Fsp3) is 0.556. The molecule has 1 aromatic rings. The molecular weight excluding hydrogens is 297 g/mol. The van der Waals surface area contributed by atoms with Crippen LogP contribution in [-0.4, -0.2) is 23.5 Å². The first-order chi connectivity index (χ1) is 11.1. The quantitative estimate of drug-likeness (QED) is 0.770. The number of hydrogen-bond donors (Lipinski definition) is 2. The molecule has 0 saturated heterocycles.